The van der Waals surface area contributed by atoms with Crippen LogP contribution in [0.2, 0.25) is 0 Å². The first-order valence-electron chi connectivity index (χ1n) is 8.19. The molecule has 0 aliphatic carbocycles. The van der Waals surface area contributed by atoms with Gasteiger partial charge in [0.25, 0.3) is 5.91 Å². The summed E-state index contributed by atoms with van der Waals surface area (Å²) in [5.74, 6) is 0.205. The fourth-order valence-electron chi connectivity index (χ4n) is 2.78. The SMILES string of the molecule is Cl.Cl.NC[C@@H](N=C1NC(=O)/C(=C/c2ccc3ncsc3c2)N1)c1ccccc1. The lowest BCUT2D eigenvalue weighted by atomic mass is 10.1. The van der Waals surface area contributed by atoms with E-state index in [1.165, 1.54) is 0 Å². The highest BCUT2D eigenvalue weighted by atomic mass is 35.5. The third-order valence-corrected chi connectivity index (χ3v) is 4.88. The summed E-state index contributed by atoms with van der Waals surface area (Å²) in [6, 6.07) is 15.5. The van der Waals surface area contributed by atoms with Crippen LogP contribution in [0.1, 0.15) is 17.2 Å². The zero-order chi connectivity index (χ0) is 17.9. The summed E-state index contributed by atoms with van der Waals surface area (Å²) in [5, 5.41) is 5.81. The van der Waals surface area contributed by atoms with Crippen LogP contribution in [-0.2, 0) is 4.79 Å². The number of aliphatic imine (C=N–C) groups is 1. The van der Waals surface area contributed by atoms with Gasteiger partial charge in [0.1, 0.15) is 5.70 Å². The van der Waals surface area contributed by atoms with Crippen LogP contribution in [0.4, 0.5) is 0 Å². The lowest BCUT2D eigenvalue weighted by molar-refractivity contribution is -0.115. The van der Waals surface area contributed by atoms with Gasteiger partial charge in [-0.25, -0.2) is 9.98 Å². The number of rotatable bonds is 4. The second-order valence-corrected chi connectivity index (χ2v) is 6.74. The van der Waals surface area contributed by atoms with Crippen molar-refractivity contribution >= 4 is 64.3 Å². The highest BCUT2D eigenvalue weighted by molar-refractivity contribution is 7.16. The molecule has 1 aliphatic rings. The molecule has 0 saturated carbocycles. The van der Waals surface area contributed by atoms with Gasteiger partial charge < -0.3 is 11.1 Å². The Balaban J connectivity index is 0.00000140. The van der Waals surface area contributed by atoms with Gasteiger partial charge in [-0.1, -0.05) is 36.4 Å². The zero-order valence-corrected chi connectivity index (χ0v) is 17.1. The third-order valence-electron chi connectivity index (χ3n) is 4.09. The van der Waals surface area contributed by atoms with Crippen LogP contribution < -0.4 is 16.4 Å². The number of nitrogens with one attached hydrogen (secondary N) is 2. The number of nitrogens with zero attached hydrogens (tertiary/aromatic N) is 2. The molecule has 2 aromatic carbocycles. The molecule has 0 bridgehead atoms. The van der Waals surface area contributed by atoms with Gasteiger partial charge >= 0.3 is 0 Å². The molecule has 146 valence electrons. The summed E-state index contributed by atoms with van der Waals surface area (Å²) in [5.41, 5.74) is 11.0. The number of hydrogen-bond donors (Lipinski definition) is 3. The van der Waals surface area contributed by atoms with Crippen molar-refractivity contribution < 1.29 is 4.79 Å². The van der Waals surface area contributed by atoms with Gasteiger partial charge in [0.2, 0.25) is 5.96 Å². The van der Waals surface area contributed by atoms with Gasteiger partial charge in [-0.15, -0.1) is 36.2 Å². The molecule has 0 radical (unpaired) electrons. The summed E-state index contributed by atoms with van der Waals surface area (Å²) >= 11 is 1.57. The third kappa shape index (κ3) is 4.69. The number of hydrogen-bond acceptors (Lipinski definition) is 5. The molecule has 9 heteroatoms. The van der Waals surface area contributed by atoms with Gasteiger partial charge in [-0.2, -0.15) is 0 Å². The standard InChI is InChI=1S/C19H17N5OS.2ClH/c20-10-16(13-4-2-1-3-5-13)23-19-22-15(18(25)24-19)8-12-6-7-14-17(9-12)26-11-21-14;;/h1-9,11,16H,10,20H2,(H2,22,23,24,25);2*1H/b15-8-;;/t16-;;/m1../s1. The van der Waals surface area contributed by atoms with Crippen LogP contribution in [0.25, 0.3) is 16.3 Å². The first-order valence-corrected chi connectivity index (χ1v) is 9.07. The van der Waals surface area contributed by atoms with Gasteiger partial charge in [0.15, 0.2) is 0 Å². The van der Waals surface area contributed by atoms with E-state index in [0.29, 0.717) is 18.2 Å². The molecule has 28 heavy (non-hydrogen) atoms. The Morgan fingerprint density at radius 1 is 1.14 bits per heavy atom. The van der Waals surface area contributed by atoms with Crippen molar-refractivity contribution in [3.8, 4) is 0 Å². The predicted molar refractivity (Wildman–Crippen MR) is 119 cm³/mol. The quantitative estimate of drug-likeness (QED) is 0.548. The van der Waals surface area contributed by atoms with E-state index in [0.717, 1.165) is 21.3 Å². The van der Waals surface area contributed by atoms with Crippen LogP contribution in [0, 0.1) is 0 Å². The number of amides is 1. The van der Waals surface area contributed by atoms with Gasteiger partial charge in [-0.05, 0) is 29.3 Å². The molecule has 3 aromatic rings. The number of benzene rings is 2. The number of fused-ring (bicyclic) bond motifs is 1. The molecule has 6 nitrogen and oxygen atoms in total. The Morgan fingerprint density at radius 2 is 1.93 bits per heavy atom. The zero-order valence-electron chi connectivity index (χ0n) is 14.7. The molecule has 1 atom stereocenters. The largest absolute Gasteiger partial charge is 0.328 e. The minimum atomic E-state index is -0.216. The van der Waals surface area contributed by atoms with Crippen molar-refractivity contribution in [1.82, 2.24) is 15.6 Å². The summed E-state index contributed by atoms with van der Waals surface area (Å²) < 4.78 is 1.08. The summed E-state index contributed by atoms with van der Waals surface area (Å²) in [6.07, 6.45) is 1.80. The molecule has 0 spiro atoms. The highest BCUT2D eigenvalue weighted by Crippen LogP contribution is 2.21. The maximum absolute atomic E-state index is 12.2. The van der Waals surface area contributed by atoms with Crippen molar-refractivity contribution in [3.05, 3.63) is 70.9 Å². The number of carbonyl (C=O) groups is 1. The normalized spacial score (nSPS) is 17.0. The molecular weight excluding hydrogens is 417 g/mol. The number of nitrogens with two attached hydrogens (primary N) is 1. The van der Waals surface area contributed by atoms with Crippen LogP contribution in [-0.4, -0.2) is 23.4 Å². The summed E-state index contributed by atoms with van der Waals surface area (Å²) in [4.78, 5) is 21.1. The predicted octanol–water partition coefficient (Wildman–Crippen LogP) is 3.26. The van der Waals surface area contributed by atoms with E-state index < -0.39 is 0 Å². The average Bonchev–Trinajstić information content (AvgIpc) is 3.26. The Hall–Kier alpha value is -2.45. The summed E-state index contributed by atoms with van der Waals surface area (Å²) in [7, 11) is 0. The Labute approximate surface area is 178 Å². The highest BCUT2D eigenvalue weighted by Gasteiger charge is 2.23. The van der Waals surface area contributed by atoms with Crippen LogP contribution in [0.3, 0.4) is 0 Å². The summed E-state index contributed by atoms with van der Waals surface area (Å²) in [6.45, 7) is 0.353. The fraction of sp³-hybridized carbons (Fsp3) is 0.105. The second kappa shape index (κ2) is 9.66. The molecule has 1 amide bonds. The molecule has 1 saturated heterocycles. The van der Waals surface area contributed by atoms with E-state index in [9.17, 15) is 4.79 Å². The number of guanidine groups is 1. The molecule has 0 unspecified atom stereocenters. The number of thiazole rings is 1. The van der Waals surface area contributed by atoms with Crippen LogP contribution in [0.15, 0.2) is 64.7 Å². The molecule has 1 aliphatic heterocycles. The molecule has 4 N–H and O–H groups in total. The van der Waals surface area contributed by atoms with Gasteiger partial charge in [0.05, 0.1) is 21.8 Å². The van der Waals surface area contributed by atoms with Crippen molar-refractivity contribution in [2.75, 3.05) is 6.54 Å². The van der Waals surface area contributed by atoms with Crippen molar-refractivity contribution in [2.24, 2.45) is 10.7 Å². The van der Waals surface area contributed by atoms with E-state index in [4.69, 9.17) is 5.73 Å². The van der Waals surface area contributed by atoms with E-state index in [1.54, 1.807) is 17.4 Å². The van der Waals surface area contributed by atoms with Crippen molar-refractivity contribution in [3.63, 3.8) is 0 Å². The molecule has 2 heterocycles. The topological polar surface area (TPSA) is 92.4 Å². The monoisotopic (exact) mass is 435 g/mol. The smallest absolute Gasteiger partial charge is 0.274 e. The molecule has 1 fully saturated rings. The number of carbonyl (C=O) groups excluding carboxylic acids is 1. The van der Waals surface area contributed by atoms with Crippen LogP contribution >= 0.6 is 36.2 Å². The van der Waals surface area contributed by atoms with Gasteiger partial charge in [0, 0.05) is 6.54 Å². The van der Waals surface area contributed by atoms with E-state index in [-0.39, 0.29) is 36.8 Å². The Morgan fingerprint density at radius 3 is 2.68 bits per heavy atom. The van der Waals surface area contributed by atoms with E-state index >= 15 is 0 Å². The number of aromatic nitrogens is 1. The number of halogens is 2. The molecule has 4 rings (SSSR count). The van der Waals surface area contributed by atoms with Crippen LogP contribution in [0.5, 0.6) is 0 Å². The minimum Gasteiger partial charge on any atom is -0.328 e. The molecular formula is C19H19Cl2N5OS. The van der Waals surface area contributed by atoms with E-state index in [1.807, 2.05) is 54.0 Å². The minimum absolute atomic E-state index is 0. The fourth-order valence-corrected chi connectivity index (χ4v) is 3.50. The Bertz CT molecular complexity index is 1020. The van der Waals surface area contributed by atoms with Gasteiger partial charge in [-0.3, -0.25) is 10.1 Å². The van der Waals surface area contributed by atoms with Crippen molar-refractivity contribution in [1.29, 1.82) is 0 Å². The first kappa shape index (κ1) is 21.8. The average molecular weight is 436 g/mol. The maximum Gasteiger partial charge on any atom is 0.274 e. The second-order valence-electron chi connectivity index (χ2n) is 5.86. The van der Waals surface area contributed by atoms with E-state index in [2.05, 4.69) is 20.6 Å². The molecule has 1 aromatic heterocycles. The Kier molecular flexibility index (Phi) is 7.53. The maximum atomic E-state index is 12.2. The lowest BCUT2D eigenvalue weighted by Gasteiger charge is -2.11. The lowest BCUT2D eigenvalue weighted by Crippen LogP contribution is -2.27. The van der Waals surface area contributed by atoms with Crippen molar-refractivity contribution in [2.45, 2.75) is 6.04 Å². The first-order chi connectivity index (χ1) is 12.7.